The molecule has 1 N–H and O–H groups in total. The zero-order valence-corrected chi connectivity index (χ0v) is 9.40. The Hall–Kier alpha value is -1.24. The Labute approximate surface area is 89.8 Å². The second kappa shape index (κ2) is 5.01. The van der Waals surface area contributed by atoms with E-state index in [1.807, 2.05) is 0 Å². The highest BCUT2D eigenvalue weighted by molar-refractivity contribution is 7.85. The summed E-state index contributed by atoms with van der Waals surface area (Å²) in [5.74, 6) is -0.368. The molecule has 0 aliphatic heterocycles. The van der Waals surface area contributed by atoms with Crippen molar-refractivity contribution in [2.24, 2.45) is 7.05 Å². The van der Waals surface area contributed by atoms with Gasteiger partial charge in [-0.1, -0.05) is 6.92 Å². The molecule has 1 aromatic heterocycles. The molecule has 0 saturated heterocycles. The quantitative estimate of drug-likeness (QED) is 0.766. The minimum absolute atomic E-state index is 0.126. The molecule has 0 bridgehead atoms. The largest absolute Gasteiger partial charge is 0.480 e. The molecule has 6 nitrogen and oxygen atoms in total. The first-order valence-electron chi connectivity index (χ1n) is 4.49. The first-order chi connectivity index (χ1) is 7.06. The third kappa shape index (κ3) is 2.85. The Morgan fingerprint density at radius 3 is 2.80 bits per heavy atom. The fourth-order valence-corrected chi connectivity index (χ4v) is 2.47. The Morgan fingerprint density at radius 1 is 1.73 bits per heavy atom. The molecule has 0 amide bonds. The molecule has 0 fully saturated rings. The molecular formula is C8H13N3O3S. The van der Waals surface area contributed by atoms with Gasteiger partial charge in [0.2, 0.25) is 0 Å². The van der Waals surface area contributed by atoms with Crippen LogP contribution in [0.3, 0.4) is 0 Å². The van der Waals surface area contributed by atoms with E-state index in [-0.39, 0.29) is 5.75 Å². The predicted molar refractivity (Wildman–Crippen MR) is 54.6 cm³/mol. The standard InChI is InChI=1S/C8H13N3O3S/c1-3-6(8(12)13)15(14)4-7-9-5-10-11(7)2/h5-6H,3-4H2,1-2H3,(H,12,13). The lowest BCUT2D eigenvalue weighted by Gasteiger charge is -2.08. The number of aromatic nitrogens is 3. The zero-order valence-electron chi connectivity index (χ0n) is 8.58. The molecule has 84 valence electrons. The van der Waals surface area contributed by atoms with Gasteiger partial charge in [-0.3, -0.25) is 13.7 Å². The smallest absolute Gasteiger partial charge is 0.319 e. The summed E-state index contributed by atoms with van der Waals surface area (Å²) in [7, 11) is 0.231. The number of nitrogens with zero attached hydrogens (tertiary/aromatic N) is 3. The molecule has 0 aliphatic rings. The van der Waals surface area contributed by atoms with Crippen molar-refractivity contribution in [3.05, 3.63) is 12.2 Å². The monoisotopic (exact) mass is 231 g/mol. The van der Waals surface area contributed by atoms with Crippen LogP contribution in [0.15, 0.2) is 6.33 Å². The van der Waals surface area contributed by atoms with E-state index in [2.05, 4.69) is 10.1 Å². The minimum Gasteiger partial charge on any atom is -0.480 e. The van der Waals surface area contributed by atoms with Crippen LogP contribution in [0.1, 0.15) is 19.2 Å². The summed E-state index contributed by atoms with van der Waals surface area (Å²) in [5.41, 5.74) is 0. The summed E-state index contributed by atoms with van der Waals surface area (Å²) < 4.78 is 13.2. The number of aryl methyl sites for hydroxylation is 1. The first kappa shape index (κ1) is 11.8. The maximum atomic E-state index is 11.7. The molecule has 2 atom stereocenters. The number of hydrogen-bond donors (Lipinski definition) is 1. The van der Waals surface area contributed by atoms with Crippen molar-refractivity contribution < 1.29 is 14.1 Å². The fraction of sp³-hybridized carbons (Fsp3) is 0.625. The topological polar surface area (TPSA) is 85.1 Å². The normalized spacial score (nSPS) is 14.8. The first-order valence-corrected chi connectivity index (χ1v) is 5.87. The maximum Gasteiger partial charge on any atom is 0.319 e. The van der Waals surface area contributed by atoms with Gasteiger partial charge >= 0.3 is 5.97 Å². The molecule has 0 saturated carbocycles. The van der Waals surface area contributed by atoms with Gasteiger partial charge in [0.05, 0.1) is 5.75 Å². The van der Waals surface area contributed by atoms with Crippen molar-refractivity contribution in [2.45, 2.75) is 24.3 Å². The molecular weight excluding hydrogens is 218 g/mol. The molecule has 1 rings (SSSR count). The van der Waals surface area contributed by atoms with Crippen molar-refractivity contribution in [3.63, 3.8) is 0 Å². The SMILES string of the molecule is CCC(C(=O)O)S(=O)Cc1ncnn1C. The molecule has 1 heterocycles. The van der Waals surface area contributed by atoms with Gasteiger partial charge in [0.15, 0.2) is 0 Å². The number of hydrogen-bond acceptors (Lipinski definition) is 4. The van der Waals surface area contributed by atoms with E-state index in [0.717, 1.165) is 0 Å². The number of carboxylic acid groups (broad SMARTS) is 1. The van der Waals surface area contributed by atoms with Gasteiger partial charge in [0.25, 0.3) is 0 Å². The molecule has 7 heteroatoms. The molecule has 2 unspecified atom stereocenters. The van der Waals surface area contributed by atoms with E-state index in [9.17, 15) is 9.00 Å². The van der Waals surface area contributed by atoms with Crippen LogP contribution in [-0.2, 0) is 28.4 Å². The number of aliphatic carboxylic acids is 1. The Balaban J connectivity index is 2.70. The summed E-state index contributed by atoms with van der Waals surface area (Å²) in [4.78, 5) is 14.6. The van der Waals surface area contributed by atoms with Gasteiger partial charge < -0.3 is 5.11 Å². The molecule has 1 aromatic rings. The van der Waals surface area contributed by atoms with Crippen molar-refractivity contribution >= 4 is 16.8 Å². The van der Waals surface area contributed by atoms with Gasteiger partial charge in [-0.2, -0.15) is 5.10 Å². The van der Waals surface area contributed by atoms with Crippen LogP contribution in [0.2, 0.25) is 0 Å². The Morgan fingerprint density at radius 2 is 2.40 bits per heavy atom. The van der Waals surface area contributed by atoms with Gasteiger partial charge in [-0.15, -0.1) is 0 Å². The van der Waals surface area contributed by atoms with E-state index in [4.69, 9.17) is 5.11 Å². The zero-order chi connectivity index (χ0) is 11.4. The molecule has 0 aliphatic carbocycles. The fourth-order valence-electron chi connectivity index (χ4n) is 1.15. The van der Waals surface area contributed by atoms with E-state index >= 15 is 0 Å². The van der Waals surface area contributed by atoms with Crippen LogP contribution >= 0.6 is 0 Å². The van der Waals surface area contributed by atoms with E-state index < -0.39 is 22.0 Å². The lowest BCUT2D eigenvalue weighted by molar-refractivity contribution is -0.136. The van der Waals surface area contributed by atoms with Crippen LogP contribution in [0.4, 0.5) is 0 Å². The Kier molecular flexibility index (Phi) is 3.96. The van der Waals surface area contributed by atoms with Crippen molar-refractivity contribution in [3.8, 4) is 0 Å². The van der Waals surface area contributed by atoms with Gasteiger partial charge in [0.1, 0.15) is 17.4 Å². The average molecular weight is 231 g/mol. The van der Waals surface area contributed by atoms with Crippen LogP contribution in [0.5, 0.6) is 0 Å². The van der Waals surface area contributed by atoms with Crippen molar-refractivity contribution in [2.75, 3.05) is 0 Å². The lowest BCUT2D eigenvalue weighted by atomic mass is 10.3. The van der Waals surface area contributed by atoms with E-state index in [1.165, 1.54) is 11.0 Å². The third-order valence-electron chi connectivity index (χ3n) is 2.04. The molecule has 0 spiro atoms. The summed E-state index contributed by atoms with van der Waals surface area (Å²) >= 11 is 0. The maximum absolute atomic E-state index is 11.7. The number of carbonyl (C=O) groups is 1. The minimum atomic E-state index is -1.45. The van der Waals surface area contributed by atoms with Gasteiger partial charge in [-0.05, 0) is 6.42 Å². The summed E-state index contributed by atoms with van der Waals surface area (Å²) in [6, 6.07) is 0. The van der Waals surface area contributed by atoms with Gasteiger partial charge in [-0.25, -0.2) is 4.98 Å². The summed E-state index contributed by atoms with van der Waals surface area (Å²) in [6.07, 6.45) is 1.70. The molecule has 15 heavy (non-hydrogen) atoms. The second-order valence-corrected chi connectivity index (χ2v) is 4.68. The van der Waals surface area contributed by atoms with Crippen LogP contribution in [0, 0.1) is 0 Å². The van der Waals surface area contributed by atoms with Crippen molar-refractivity contribution in [1.29, 1.82) is 0 Å². The predicted octanol–water partition coefficient (Wildman–Crippen LogP) is -0.0730. The number of rotatable bonds is 5. The van der Waals surface area contributed by atoms with Crippen molar-refractivity contribution in [1.82, 2.24) is 14.8 Å². The highest BCUT2D eigenvalue weighted by Crippen LogP contribution is 2.07. The Bertz CT molecular complexity index is 377. The van der Waals surface area contributed by atoms with Gasteiger partial charge in [0, 0.05) is 17.8 Å². The van der Waals surface area contributed by atoms with Crippen LogP contribution in [-0.4, -0.2) is 35.3 Å². The average Bonchev–Trinajstić information content (AvgIpc) is 2.52. The van der Waals surface area contributed by atoms with E-state index in [1.54, 1.807) is 14.0 Å². The third-order valence-corrected chi connectivity index (χ3v) is 3.75. The lowest BCUT2D eigenvalue weighted by Crippen LogP contribution is -2.26. The highest BCUT2D eigenvalue weighted by Gasteiger charge is 2.23. The summed E-state index contributed by atoms with van der Waals surface area (Å²) in [6.45, 7) is 1.70. The molecule has 0 radical (unpaired) electrons. The summed E-state index contributed by atoms with van der Waals surface area (Å²) in [5, 5.41) is 11.8. The van der Waals surface area contributed by atoms with Crippen LogP contribution < -0.4 is 0 Å². The molecule has 0 aromatic carbocycles. The highest BCUT2D eigenvalue weighted by atomic mass is 32.2. The number of carboxylic acids is 1. The second-order valence-electron chi connectivity index (χ2n) is 3.06. The van der Waals surface area contributed by atoms with Crippen LogP contribution in [0.25, 0.3) is 0 Å². The van der Waals surface area contributed by atoms with E-state index in [0.29, 0.717) is 12.2 Å².